The van der Waals surface area contributed by atoms with Gasteiger partial charge in [-0.3, -0.25) is 4.90 Å². The highest BCUT2D eigenvalue weighted by atomic mass is 19.3. The number of piperidine rings is 3. The van der Waals surface area contributed by atoms with E-state index in [-0.39, 0.29) is 23.2 Å². The monoisotopic (exact) mass is 470 g/mol. The Balaban J connectivity index is 1.48. The zero-order valence-electron chi connectivity index (χ0n) is 19.9. The number of amides is 1. The maximum Gasteiger partial charge on any atom is 0.408 e. The molecule has 0 saturated carbocycles. The molecule has 1 aliphatic carbocycles. The molecule has 1 N–H and O–H groups in total. The number of fused-ring (bicyclic) bond motifs is 4. The standard InChI is InChI=1S/C27H32F2N2O3/c1-16-12-18(5-7-23(16)34-25(28)29)19-4-6-21-20(13-19)14-27(2,3)24(21)31(26(32)33)22-15-30-10-8-17(22)9-11-30/h4-7,12-13,17,22,24-25H,8-11,14-15H2,1-3H3,(H,32,33)/t22-,24+/m1/s1. The van der Waals surface area contributed by atoms with Crippen LogP contribution in [0.2, 0.25) is 0 Å². The van der Waals surface area contributed by atoms with Gasteiger partial charge in [-0.1, -0.05) is 38.1 Å². The van der Waals surface area contributed by atoms with Crippen molar-refractivity contribution in [3.63, 3.8) is 0 Å². The molecule has 0 unspecified atom stereocenters. The van der Waals surface area contributed by atoms with Crippen molar-refractivity contribution in [1.29, 1.82) is 0 Å². The zero-order chi connectivity index (χ0) is 24.2. The van der Waals surface area contributed by atoms with Gasteiger partial charge in [-0.2, -0.15) is 8.78 Å². The Morgan fingerprint density at radius 3 is 2.41 bits per heavy atom. The fourth-order valence-electron chi connectivity index (χ4n) is 6.49. The molecule has 6 rings (SSSR count). The first-order valence-electron chi connectivity index (χ1n) is 12.1. The third kappa shape index (κ3) is 4.04. The van der Waals surface area contributed by atoms with Crippen molar-refractivity contribution >= 4 is 6.09 Å². The van der Waals surface area contributed by atoms with Gasteiger partial charge in [0.15, 0.2) is 0 Å². The minimum atomic E-state index is -2.85. The van der Waals surface area contributed by atoms with E-state index in [1.54, 1.807) is 24.0 Å². The van der Waals surface area contributed by atoms with E-state index in [9.17, 15) is 18.7 Å². The molecule has 2 aromatic rings. The van der Waals surface area contributed by atoms with Crippen LogP contribution >= 0.6 is 0 Å². The summed E-state index contributed by atoms with van der Waals surface area (Å²) in [6.45, 7) is 6.20. The van der Waals surface area contributed by atoms with Gasteiger partial charge in [-0.25, -0.2) is 4.79 Å². The first kappa shape index (κ1) is 23.1. The van der Waals surface area contributed by atoms with Crippen LogP contribution in [0.1, 0.15) is 49.4 Å². The summed E-state index contributed by atoms with van der Waals surface area (Å²) in [5, 5.41) is 10.4. The Morgan fingerprint density at radius 2 is 1.82 bits per heavy atom. The van der Waals surface area contributed by atoms with E-state index in [2.05, 4.69) is 35.6 Å². The van der Waals surface area contributed by atoms with Crippen LogP contribution in [0.25, 0.3) is 11.1 Å². The van der Waals surface area contributed by atoms with Crippen LogP contribution in [0.3, 0.4) is 0 Å². The predicted octanol–water partition coefficient (Wildman–Crippen LogP) is 5.96. The van der Waals surface area contributed by atoms with Crippen molar-refractivity contribution in [1.82, 2.24) is 9.80 Å². The molecule has 3 heterocycles. The van der Waals surface area contributed by atoms with Gasteiger partial charge in [0.25, 0.3) is 0 Å². The molecular weight excluding hydrogens is 438 g/mol. The summed E-state index contributed by atoms with van der Waals surface area (Å²) >= 11 is 0. The Bertz CT molecular complexity index is 1100. The summed E-state index contributed by atoms with van der Waals surface area (Å²) in [7, 11) is 0. The lowest BCUT2D eigenvalue weighted by Crippen LogP contribution is -2.60. The minimum Gasteiger partial charge on any atom is -0.465 e. The molecule has 1 amide bonds. The maximum absolute atomic E-state index is 12.6. The highest BCUT2D eigenvalue weighted by molar-refractivity contribution is 5.70. The number of nitrogens with zero attached hydrogens (tertiary/aromatic N) is 2. The molecule has 3 fully saturated rings. The van der Waals surface area contributed by atoms with Gasteiger partial charge in [0.2, 0.25) is 0 Å². The lowest BCUT2D eigenvalue weighted by atomic mass is 9.79. The topological polar surface area (TPSA) is 53.0 Å². The average molecular weight is 471 g/mol. The number of rotatable bonds is 5. The predicted molar refractivity (Wildman–Crippen MR) is 126 cm³/mol. The first-order valence-corrected chi connectivity index (χ1v) is 12.1. The molecule has 2 aromatic carbocycles. The van der Waals surface area contributed by atoms with Crippen LogP contribution in [0, 0.1) is 18.3 Å². The van der Waals surface area contributed by atoms with E-state index < -0.39 is 12.7 Å². The fourth-order valence-corrected chi connectivity index (χ4v) is 6.49. The van der Waals surface area contributed by atoms with Crippen molar-refractivity contribution in [3.8, 4) is 16.9 Å². The number of carbonyl (C=O) groups is 1. The second-order valence-corrected chi connectivity index (χ2v) is 10.7. The Morgan fingerprint density at radius 1 is 1.15 bits per heavy atom. The second kappa shape index (κ2) is 8.52. The van der Waals surface area contributed by atoms with Crippen molar-refractivity contribution in [2.24, 2.45) is 11.3 Å². The molecule has 34 heavy (non-hydrogen) atoms. The molecule has 5 nitrogen and oxygen atoms in total. The Labute approximate surface area is 199 Å². The van der Waals surface area contributed by atoms with Crippen LogP contribution in [0.4, 0.5) is 13.6 Å². The van der Waals surface area contributed by atoms with Gasteiger partial charge in [0.1, 0.15) is 5.75 Å². The van der Waals surface area contributed by atoms with E-state index in [1.165, 1.54) is 0 Å². The molecule has 0 radical (unpaired) electrons. The highest BCUT2D eigenvalue weighted by Gasteiger charge is 2.50. The van der Waals surface area contributed by atoms with E-state index in [0.29, 0.717) is 11.5 Å². The third-order valence-corrected chi connectivity index (χ3v) is 8.03. The minimum absolute atomic E-state index is 0.0277. The summed E-state index contributed by atoms with van der Waals surface area (Å²) in [5.74, 6) is 0.605. The molecule has 2 bridgehead atoms. The van der Waals surface area contributed by atoms with Crippen LogP contribution in [0.15, 0.2) is 36.4 Å². The van der Waals surface area contributed by atoms with Gasteiger partial charge in [-0.05, 0) is 90.6 Å². The third-order valence-electron chi connectivity index (χ3n) is 8.03. The number of hydrogen-bond acceptors (Lipinski definition) is 3. The van der Waals surface area contributed by atoms with Crippen LogP contribution in [0.5, 0.6) is 5.75 Å². The van der Waals surface area contributed by atoms with E-state index in [0.717, 1.165) is 61.2 Å². The average Bonchev–Trinajstić information content (AvgIpc) is 3.05. The number of benzene rings is 2. The zero-order valence-corrected chi connectivity index (χ0v) is 19.9. The quantitative estimate of drug-likeness (QED) is 0.586. The van der Waals surface area contributed by atoms with Crippen molar-refractivity contribution in [2.45, 2.75) is 58.7 Å². The molecule has 182 valence electrons. The SMILES string of the molecule is Cc1cc(-c2ccc3c(c2)CC(C)(C)[C@H]3N(C(=O)O)[C@@H]2CN3CCC2CC3)ccc1OC(F)F. The van der Waals surface area contributed by atoms with Crippen LogP contribution in [-0.4, -0.2) is 53.3 Å². The number of hydrogen-bond donors (Lipinski definition) is 1. The van der Waals surface area contributed by atoms with E-state index in [4.69, 9.17) is 0 Å². The van der Waals surface area contributed by atoms with Gasteiger partial charge in [0, 0.05) is 6.54 Å². The number of alkyl halides is 2. The summed E-state index contributed by atoms with van der Waals surface area (Å²) in [4.78, 5) is 16.8. The lowest BCUT2D eigenvalue weighted by Gasteiger charge is -2.51. The largest absolute Gasteiger partial charge is 0.465 e. The molecule has 3 saturated heterocycles. The molecular formula is C27H32F2N2O3. The number of carboxylic acid groups (broad SMARTS) is 1. The molecule has 0 aromatic heterocycles. The molecule has 7 heteroatoms. The Hall–Kier alpha value is -2.67. The first-order chi connectivity index (χ1) is 16.1. The maximum atomic E-state index is 12.6. The number of ether oxygens (including phenoxy) is 1. The van der Waals surface area contributed by atoms with Crippen LogP contribution < -0.4 is 4.74 Å². The van der Waals surface area contributed by atoms with Crippen LogP contribution in [-0.2, 0) is 6.42 Å². The number of halogens is 2. The van der Waals surface area contributed by atoms with E-state index in [1.807, 2.05) is 12.1 Å². The highest BCUT2D eigenvalue weighted by Crippen LogP contribution is 2.51. The molecule has 0 spiro atoms. The lowest BCUT2D eigenvalue weighted by molar-refractivity contribution is -0.0502. The Kier molecular flexibility index (Phi) is 5.79. The summed E-state index contributed by atoms with van der Waals surface area (Å²) < 4.78 is 29.8. The van der Waals surface area contributed by atoms with Gasteiger partial charge in [0.05, 0.1) is 12.1 Å². The van der Waals surface area contributed by atoms with Crippen molar-refractivity contribution in [2.75, 3.05) is 19.6 Å². The summed E-state index contributed by atoms with van der Waals surface area (Å²) in [6.07, 6.45) is 2.09. The molecule has 4 aliphatic rings. The smallest absolute Gasteiger partial charge is 0.408 e. The second-order valence-electron chi connectivity index (χ2n) is 10.7. The summed E-state index contributed by atoms with van der Waals surface area (Å²) in [5.41, 5.74) is 4.58. The van der Waals surface area contributed by atoms with Crippen molar-refractivity contribution < 1.29 is 23.4 Å². The molecule has 2 atom stereocenters. The van der Waals surface area contributed by atoms with Crippen molar-refractivity contribution in [3.05, 3.63) is 53.1 Å². The molecule has 3 aliphatic heterocycles. The normalized spacial score (nSPS) is 27.0. The van der Waals surface area contributed by atoms with Gasteiger partial charge in [-0.15, -0.1) is 0 Å². The van der Waals surface area contributed by atoms with E-state index >= 15 is 0 Å². The number of aryl methyl sites for hydroxylation is 1. The van der Waals surface area contributed by atoms with Gasteiger partial charge < -0.3 is 14.7 Å². The van der Waals surface area contributed by atoms with Gasteiger partial charge >= 0.3 is 12.7 Å². The fraction of sp³-hybridized carbons (Fsp3) is 0.519. The summed E-state index contributed by atoms with van der Waals surface area (Å²) in [6, 6.07) is 11.3.